The van der Waals surface area contributed by atoms with E-state index in [9.17, 15) is 9.59 Å². The highest BCUT2D eigenvalue weighted by molar-refractivity contribution is 5.78. The van der Waals surface area contributed by atoms with Gasteiger partial charge in [0, 0.05) is 62.8 Å². The van der Waals surface area contributed by atoms with Gasteiger partial charge in [0.15, 0.2) is 0 Å². The lowest BCUT2D eigenvalue weighted by molar-refractivity contribution is 0.132. The maximum Gasteiger partial charge on any atom is 0.424 e. The fourth-order valence-corrected chi connectivity index (χ4v) is 9.80. The number of piperidine rings is 2. The van der Waals surface area contributed by atoms with Crippen LogP contribution in [0.4, 0.5) is 9.59 Å². The van der Waals surface area contributed by atoms with E-state index in [1.54, 1.807) is 35.4 Å². The van der Waals surface area contributed by atoms with Crippen molar-refractivity contribution in [3.05, 3.63) is 247 Å². The molecule has 0 aliphatic carbocycles. The number of hydrogen-bond acceptors (Lipinski definition) is 9. The molecule has 0 atom stereocenters. The SMILES string of the molecule is CCC1CCN(Cc2ccccc2)CC1.CN(C(=O)n1cnc(-c2cccc(OCc3ccccc3)c2)c1)C1CCN(Cc2ccccc2)CC1.O=C(Oc1ccccc1)n1cnc(-c2cccc(OCc3ccccc3)c2)c1. The summed E-state index contributed by atoms with van der Waals surface area (Å²) < 4.78 is 20.0. The molecule has 0 spiro atoms. The van der Waals surface area contributed by atoms with E-state index in [4.69, 9.17) is 14.2 Å². The van der Waals surface area contributed by atoms with E-state index >= 15 is 0 Å². The lowest BCUT2D eigenvalue weighted by atomic mass is 9.94. The molecule has 1 amide bonds. The van der Waals surface area contributed by atoms with Crippen molar-refractivity contribution in [3.63, 3.8) is 0 Å². The second-order valence-corrected chi connectivity index (χ2v) is 20.1. The molecule has 2 saturated heterocycles. The summed E-state index contributed by atoms with van der Waals surface area (Å²) >= 11 is 0. The molecule has 0 radical (unpaired) electrons. The van der Waals surface area contributed by atoms with Crippen LogP contribution in [0.5, 0.6) is 17.2 Å². The maximum absolute atomic E-state index is 13.2. The van der Waals surface area contributed by atoms with Crippen molar-refractivity contribution < 1.29 is 23.8 Å². The second kappa shape index (κ2) is 28.7. The predicted octanol–water partition coefficient (Wildman–Crippen LogP) is 14.2. The summed E-state index contributed by atoms with van der Waals surface area (Å²) in [6, 6.07) is 66.0. The van der Waals surface area contributed by atoms with Crippen molar-refractivity contribution in [1.82, 2.24) is 33.8 Å². The fourth-order valence-electron chi connectivity index (χ4n) is 9.80. The van der Waals surface area contributed by atoms with Crippen LogP contribution in [-0.2, 0) is 26.3 Å². The lowest BCUT2D eigenvalue weighted by Crippen LogP contribution is -2.46. The maximum atomic E-state index is 13.2. The normalized spacial score (nSPS) is 13.9. The molecule has 2 fully saturated rings. The molecule has 0 bridgehead atoms. The molecule has 2 aliphatic rings. The number of likely N-dealkylation sites (tertiary alicyclic amines) is 2. The predicted molar refractivity (Wildman–Crippen MR) is 313 cm³/mol. The zero-order chi connectivity index (χ0) is 54.4. The van der Waals surface area contributed by atoms with Crippen LogP contribution in [0, 0.1) is 5.92 Å². The number of carbonyl (C=O) groups is 2. The van der Waals surface area contributed by atoms with Gasteiger partial charge >= 0.3 is 12.1 Å². The van der Waals surface area contributed by atoms with Gasteiger partial charge in [0.2, 0.25) is 0 Å². The van der Waals surface area contributed by atoms with Gasteiger partial charge < -0.3 is 19.1 Å². The number of aromatic nitrogens is 4. The summed E-state index contributed by atoms with van der Waals surface area (Å²) in [6.45, 7) is 9.96. The number of carbonyl (C=O) groups excluding carboxylic acids is 2. The van der Waals surface area contributed by atoms with Crippen molar-refractivity contribution in [3.8, 4) is 39.8 Å². The smallest absolute Gasteiger partial charge is 0.424 e. The average molecular weight is 1050 g/mol. The number of nitrogens with zero attached hydrogens (tertiary/aromatic N) is 7. The Labute approximate surface area is 465 Å². The van der Waals surface area contributed by atoms with Gasteiger partial charge in [0.05, 0.1) is 11.4 Å². The summed E-state index contributed by atoms with van der Waals surface area (Å²) in [7, 11) is 1.90. The molecule has 9 aromatic rings. The number of rotatable bonds is 15. The molecule has 4 heterocycles. The number of ether oxygens (including phenoxy) is 3. The summed E-state index contributed by atoms with van der Waals surface area (Å²) in [5.74, 6) is 2.98. The minimum atomic E-state index is -0.513. The number of benzene rings is 7. The molecule has 0 N–H and O–H groups in total. The quantitative estimate of drug-likeness (QED) is 0.0992. The Morgan fingerprint density at radius 3 is 1.37 bits per heavy atom. The second-order valence-electron chi connectivity index (χ2n) is 20.1. The standard InChI is InChI=1S/C30H32N4O2.C23H18N2O3.C14H21N/c1-32(27-15-17-33(18-16-27)20-24-9-4-2-5-10-24)30(35)34-21-29(31-23-34)26-13-8-14-28(19-26)36-22-25-11-6-3-7-12-25;26-23(28-20-11-5-2-6-12-20)25-15-22(24-17-25)19-10-7-13-21(14-19)27-16-18-8-3-1-4-9-18;1-2-13-8-10-15(11-9-13)12-14-6-4-3-5-7-14/h2-14,19,21,23,27H,15-18,20,22H2,1H3;1-15,17H,16H2;3-7,13H,2,8-12H2,1H3. The molecular weight excluding hydrogens is 983 g/mol. The lowest BCUT2D eigenvalue weighted by Gasteiger charge is -2.36. The van der Waals surface area contributed by atoms with Crippen LogP contribution in [0.1, 0.15) is 61.3 Å². The molecule has 7 aromatic carbocycles. The number of para-hydroxylation sites is 1. The molecule has 2 aliphatic heterocycles. The van der Waals surface area contributed by atoms with Gasteiger partial charge in [-0.05, 0) is 103 Å². The van der Waals surface area contributed by atoms with Gasteiger partial charge in [-0.2, -0.15) is 0 Å². The molecule has 11 rings (SSSR count). The first-order valence-electron chi connectivity index (χ1n) is 27.5. The van der Waals surface area contributed by atoms with Crippen LogP contribution in [0.2, 0.25) is 0 Å². The minimum absolute atomic E-state index is 0.0493. The van der Waals surface area contributed by atoms with Gasteiger partial charge in [-0.15, -0.1) is 0 Å². The highest BCUT2D eigenvalue weighted by atomic mass is 16.6. The van der Waals surface area contributed by atoms with Gasteiger partial charge in [0.25, 0.3) is 0 Å². The average Bonchev–Trinajstić information content (AvgIpc) is 4.24. The Hall–Kier alpha value is -8.58. The topological polar surface area (TPSA) is 107 Å². The Bertz CT molecular complexity index is 3230. The molecule has 2 aromatic heterocycles. The van der Waals surface area contributed by atoms with Crippen molar-refractivity contribution in [1.29, 1.82) is 0 Å². The van der Waals surface area contributed by atoms with E-state index in [-0.39, 0.29) is 12.1 Å². The van der Waals surface area contributed by atoms with Crippen LogP contribution in [0.3, 0.4) is 0 Å². The van der Waals surface area contributed by atoms with Gasteiger partial charge in [-0.3, -0.25) is 14.4 Å². The first kappa shape index (κ1) is 55.2. The summed E-state index contributed by atoms with van der Waals surface area (Å²) in [6.07, 6.45) is 12.1. The molecule has 0 unspecified atom stereocenters. The number of imidazole rings is 2. The molecule has 12 nitrogen and oxygen atoms in total. The van der Waals surface area contributed by atoms with Gasteiger partial charge in [-0.25, -0.2) is 24.1 Å². The summed E-state index contributed by atoms with van der Waals surface area (Å²) in [5, 5.41) is 0. The summed E-state index contributed by atoms with van der Waals surface area (Å²) in [5.41, 5.74) is 8.19. The van der Waals surface area contributed by atoms with E-state index in [2.05, 4.69) is 81.3 Å². The Morgan fingerprint density at radius 1 is 0.494 bits per heavy atom. The first-order chi connectivity index (χ1) is 38.8. The third-order valence-electron chi connectivity index (χ3n) is 14.5. The zero-order valence-electron chi connectivity index (χ0n) is 45.4. The van der Waals surface area contributed by atoms with Crippen LogP contribution >= 0.6 is 0 Å². The number of hydrogen-bond donors (Lipinski definition) is 0. The van der Waals surface area contributed by atoms with Crippen LogP contribution in [0.15, 0.2) is 225 Å². The fraction of sp³-hybridized carbons (Fsp3) is 0.254. The minimum Gasteiger partial charge on any atom is -0.489 e. The Morgan fingerprint density at radius 2 is 0.899 bits per heavy atom. The third-order valence-corrected chi connectivity index (χ3v) is 14.5. The van der Waals surface area contributed by atoms with E-state index in [0.29, 0.717) is 24.7 Å². The zero-order valence-corrected chi connectivity index (χ0v) is 45.4. The molecule has 79 heavy (non-hydrogen) atoms. The Balaban J connectivity index is 0.000000156. The third kappa shape index (κ3) is 16.7. The monoisotopic (exact) mass is 1050 g/mol. The van der Waals surface area contributed by atoms with Crippen molar-refractivity contribution >= 4 is 12.1 Å². The summed E-state index contributed by atoms with van der Waals surface area (Å²) in [4.78, 5) is 41.2. The van der Waals surface area contributed by atoms with Gasteiger partial charge in [0.1, 0.15) is 43.1 Å². The largest absolute Gasteiger partial charge is 0.489 e. The molecule has 404 valence electrons. The highest BCUT2D eigenvalue weighted by Gasteiger charge is 2.27. The van der Waals surface area contributed by atoms with Crippen molar-refractivity contribution in [2.24, 2.45) is 5.92 Å². The van der Waals surface area contributed by atoms with Crippen LogP contribution in [-0.4, -0.2) is 85.2 Å². The molecule has 0 saturated carbocycles. The van der Waals surface area contributed by atoms with Gasteiger partial charge in [-0.1, -0.05) is 177 Å². The van der Waals surface area contributed by atoms with E-state index < -0.39 is 6.09 Å². The van der Waals surface area contributed by atoms with Crippen LogP contribution in [0.25, 0.3) is 22.5 Å². The van der Waals surface area contributed by atoms with E-state index in [0.717, 1.165) is 84.4 Å². The number of amides is 1. The molecular formula is C67H71N7O5. The molecule has 12 heteroatoms. The van der Waals surface area contributed by atoms with Crippen molar-refractivity contribution in [2.75, 3.05) is 33.2 Å². The highest BCUT2D eigenvalue weighted by Crippen LogP contribution is 2.27. The van der Waals surface area contributed by atoms with Crippen LogP contribution < -0.4 is 14.2 Å². The van der Waals surface area contributed by atoms with Crippen molar-refractivity contribution in [2.45, 2.75) is 71.4 Å². The Kier molecular flexibility index (Phi) is 20.0. The van der Waals surface area contributed by atoms with E-state index in [1.165, 1.54) is 54.4 Å². The first-order valence-corrected chi connectivity index (χ1v) is 27.5. The van der Waals surface area contributed by atoms with E-state index in [1.807, 2.05) is 145 Å².